The number of benzene rings is 2. The lowest BCUT2D eigenvalue weighted by atomic mass is 10.2. The average molecular weight is 450 g/mol. The number of allylic oxidation sites excluding steroid dienone is 1. The lowest BCUT2D eigenvalue weighted by Gasteiger charge is -2.10. The minimum absolute atomic E-state index is 0.0276. The Morgan fingerprint density at radius 1 is 1.06 bits per heavy atom. The molecule has 1 aliphatic rings. The number of para-hydroxylation sites is 1. The van der Waals surface area contributed by atoms with Crippen LogP contribution < -0.4 is 20.1 Å². The fraction of sp³-hybridized carbons (Fsp3) is 0.190. The van der Waals surface area contributed by atoms with Gasteiger partial charge in [0.25, 0.3) is 11.7 Å². The van der Waals surface area contributed by atoms with E-state index in [1.165, 1.54) is 24.3 Å². The molecule has 0 radical (unpaired) electrons. The highest BCUT2D eigenvalue weighted by molar-refractivity contribution is 5.97. The number of esters is 1. The molecule has 8 nitrogen and oxygen atoms in total. The van der Waals surface area contributed by atoms with Crippen molar-refractivity contribution in [3.05, 3.63) is 65.9 Å². The first-order valence-electron chi connectivity index (χ1n) is 9.19. The molecule has 0 aliphatic carbocycles. The summed E-state index contributed by atoms with van der Waals surface area (Å²) in [6.45, 7) is -0.269. The van der Waals surface area contributed by atoms with Crippen LogP contribution in [-0.4, -0.2) is 37.2 Å². The molecular formula is C21H17F3N2O6. The number of alkyl halides is 3. The number of amides is 1. The number of nitrogens with one attached hydrogen (secondary N) is 2. The summed E-state index contributed by atoms with van der Waals surface area (Å²) in [4.78, 5) is 35.2. The Morgan fingerprint density at radius 2 is 1.81 bits per heavy atom. The Kier molecular flexibility index (Phi) is 6.98. The molecule has 0 saturated carbocycles. The highest BCUT2D eigenvalue weighted by Crippen LogP contribution is 2.32. The van der Waals surface area contributed by atoms with E-state index in [1.54, 1.807) is 18.2 Å². The second kappa shape index (κ2) is 9.86. The maximum atomic E-state index is 12.3. The van der Waals surface area contributed by atoms with Crippen LogP contribution in [0.25, 0.3) is 0 Å². The third kappa shape index (κ3) is 6.00. The molecule has 1 heterocycles. The van der Waals surface area contributed by atoms with Crippen molar-refractivity contribution in [2.45, 2.75) is 12.7 Å². The number of carbonyl (C=O) groups is 3. The summed E-state index contributed by atoms with van der Waals surface area (Å²) in [5, 5.41) is 5.02. The van der Waals surface area contributed by atoms with Gasteiger partial charge in [-0.3, -0.25) is 9.59 Å². The van der Waals surface area contributed by atoms with Gasteiger partial charge in [0, 0.05) is 18.8 Å². The van der Waals surface area contributed by atoms with Gasteiger partial charge < -0.3 is 24.8 Å². The van der Waals surface area contributed by atoms with Gasteiger partial charge >= 0.3 is 12.1 Å². The summed E-state index contributed by atoms with van der Waals surface area (Å²) >= 11 is 0. The summed E-state index contributed by atoms with van der Waals surface area (Å²) < 4.78 is 52.1. The molecule has 0 atom stereocenters. The average Bonchev–Trinajstić information content (AvgIpc) is 3.23. The number of ketones is 1. The molecule has 0 aromatic heterocycles. The van der Waals surface area contributed by atoms with Crippen LogP contribution in [0.1, 0.15) is 15.9 Å². The van der Waals surface area contributed by atoms with Gasteiger partial charge in [-0.15, -0.1) is 0 Å². The Bertz CT molecular complexity index is 1050. The SMILES string of the molecule is O=C(COC(=O)c1ccccc1NC=CC(=O)C(F)(F)F)NCc1ccc2c(c1)OCO2. The Balaban J connectivity index is 1.50. The number of ether oxygens (including phenoxy) is 3. The fourth-order valence-electron chi connectivity index (χ4n) is 2.60. The van der Waals surface area contributed by atoms with Crippen molar-refractivity contribution in [3.63, 3.8) is 0 Å². The van der Waals surface area contributed by atoms with Gasteiger partial charge in [0.05, 0.1) is 11.3 Å². The highest BCUT2D eigenvalue weighted by Gasteiger charge is 2.36. The molecule has 0 fully saturated rings. The molecular weight excluding hydrogens is 433 g/mol. The maximum Gasteiger partial charge on any atom is 0.454 e. The molecule has 3 rings (SSSR count). The largest absolute Gasteiger partial charge is 0.454 e. The van der Waals surface area contributed by atoms with Crippen molar-refractivity contribution in [1.29, 1.82) is 0 Å². The van der Waals surface area contributed by atoms with E-state index in [9.17, 15) is 27.6 Å². The van der Waals surface area contributed by atoms with E-state index < -0.39 is 30.4 Å². The van der Waals surface area contributed by atoms with E-state index in [1.807, 2.05) is 0 Å². The molecule has 2 aromatic carbocycles. The third-order valence-corrected chi connectivity index (χ3v) is 4.16. The predicted molar refractivity (Wildman–Crippen MR) is 105 cm³/mol. The first kappa shape index (κ1) is 22.7. The molecule has 0 bridgehead atoms. The van der Waals surface area contributed by atoms with Crippen LogP contribution in [0.2, 0.25) is 0 Å². The topological polar surface area (TPSA) is 103 Å². The zero-order chi connectivity index (χ0) is 23.1. The molecule has 0 unspecified atom stereocenters. The van der Waals surface area contributed by atoms with Crippen molar-refractivity contribution in [3.8, 4) is 11.5 Å². The standard InChI is InChI=1S/C21H17F3N2O6/c22-21(23,24)18(27)7-8-25-15-4-2-1-3-14(15)20(29)30-11-19(28)26-10-13-5-6-16-17(9-13)32-12-31-16/h1-9,25H,10-12H2,(H,26,28). The lowest BCUT2D eigenvalue weighted by Crippen LogP contribution is -2.28. The van der Waals surface area contributed by atoms with Gasteiger partial charge in [0.2, 0.25) is 6.79 Å². The van der Waals surface area contributed by atoms with Gasteiger partial charge in [0.15, 0.2) is 18.1 Å². The van der Waals surface area contributed by atoms with Crippen molar-refractivity contribution in [2.75, 3.05) is 18.7 Å². The highest BCUT2D eigenvalue weighted by atomic mass is 19.4. The Morgan fingerprint density at radius 3 is 2.59 bits per heavy atom. The summed E-state index contributed by atoms with van der Waals surface area (Å²) in [7, 11) is 0. The normalized spacial score (nSPS) is 12.5. The van der Waals surface area contributed by atoms with Crippen LogP contribution >= 0.6 is 0 Å². The van der Waals surface area contributed by atoms with Crippen LogP contribution in [0.3, 0.4) is 0 Å². The van der Waals surface area contributed by atoms with Crippen LogP contribution in [0.4, 0.5) is 18.9 Å². The molecule has 0 spiro atoms. The number of halogens is 3. The van der Waals surface area contributed by atoms with Crippen LogP contribution in [0.5, 0.6) is 11.5 Å². The van der Waals surface area contributed by atoms with E-state index >= 15 is 0 Å². The van der Waals surface area contributed by atoms with E-state index in [-0.39, 0.29) is 24.6 Å². The first-order chi connectivity index (χ1) is 15.2. The third-order valence-electron chi connectivity index (χ3n) is 4.16. The number of hydrogen-bond acceptors (Lipinski definition) is 7. The molecule has 2 aromatic rings. The van der Waals surface area contributed by atoms with Crippen LogP contribution in [0.15, 0.2) is 54.7 Å². The monoisotopic (exact) mass is 450 g/mol. The van der Waals surface area contributed by atoms with Gasteiger partial charge in [-0.25, -0.2) is 4.79 Å². The molecule has 1 amide bonds. The number of anilines is 1. The van der Waals surface area contributed by atoms with Gasteiger partial charge in [-0.1, -0.05) is 18.2 Å². The molecule has 0 saturated heterocycles. The molecule has 1 aliphatic heterocycles. The smallest absolute Gasteiger partial charge is 0.454 e. The summed E-state index contributed by atoms with van der Waals surface area (Å²) in [5.74, 6) is -2.31. The lowest BCUT2D eigenvalue weighted by molar-refractivity contribution is -0.165. The van der Waals surface area contributed by atoms with Crippen LogP contribution in [-0.2, 0) is 20.9 Å². The van der Waals surface area contributed by atoms with Crippen molar-refractivity contribution < 1.29 is 41.8 Å². The first-order valence-corrected chi connectivity index (χ1v) is 9.19. The van der Waals surface area contributed by atoms with Gasteiger partial charge in [0.1, 0.15) is 0 Å². The molecule has 168 valence electrons. The minimum Gasteiger partial charge on any atom is -0.454 e. The fourth-order valence-corrected chi connectivity index (χ4v) is 2.60. The Hall–Kier alpha value is -4.02. The predicted octanol–water partition coefficient (Wildman–Crippen LogP) is 2.95. The van der Waals surface area contributed by atoms with Gasteiger partial charge in [-0.2, -0.15) is 13.2 Å². The zero-order valence-electron chi connectivity index (χ0n) is 16.4. The summed E-state index contributed by atoms with van der Waals surface area (Å²) in [6.07, 6.45) is -3.93. The summed E-state index contributed by atoms with van der Waals surface area (Å²) in [6, 6.07) is 11.0. The second-order valence-corrected chi connectivity index (χ2v) is 6.43. The molecule has 32 heavy (non-hydrogen) atoms. The van der Waals surface area contributed by atoms with Crippen LogP contribution in [0, 0.1) is 0 Å². The van der Waals surface area contributed by atoms with E-state index in [4.69, 9.17) is 14.2 Å². The second-order valence-electron chi connectivity index (χ2n) is 6.43. The minimum atomic E-state index is -5.00. The van der Waals surface area contributed by atoms with Crippen molar-refractivity contribution in [2.24, 2.45) is 0 Å². The van der Waals surface area contributed by atoms with Crippen molar-refractivity contribution >= 4 is 23.3 Å². The number of carbonyl (C=O) groups excluding carboxylic acids is 3. The number of fused-ring (bicyclic) bond motifs is 1. The molecule has 2 N–H and O–H groups in total. The van der Waals surface area contributed by atoms with E-state index in [0.29, 0.717) is 17.6 Å². The number of hydrogen-bond donors (Lipinski definition) is 2. The Labute approximate surface area is 179 Å². The zero-order valence-corrected chi connectivity index (χ0v) is 16.4. The quantitative estimate of drug-likeness (QED) is 0.471. The van der Waals surface area contributed by atoms with Crippen molar-refractivity contribution in [1.82, 2.24) is 5.32 Å². The van der Waals surface area contributed by atoms with E-state index in [2.05, 4.69) is 10.6 Å². The van der Waals surface area contributed by atoms with Gasteiger partial charge in [-0.05, 0) is 29.8 Å². The summed E-state index contributed by atoms with van der Waals surface area (Å²) in [5.41, 5.74) is 0.827. The maximum absolute atomic E-state index is 12.3. The number of rotatable bonds is 8. The van der Waals surface area contributed by atoms with E-state index in [0.717, 1.165) is 11.8 Å². The molecule has 11 heteroatoms.